The number of hydrogen-bond donors (Lipinski definition) is 0. The van der Waals surface area contributed by atoms with E-state index in [4.69, 9.17) is 0 Å². The van der Waals surface area contributed by atoms with Crippen molar-refractivity contribution >= 4 is 17.7 Å². The average molecular weight is 360 g/mol. The van der Waals surface area contributed by atoms with Crippen LogP contribution in [0.4, 0.5) is 13.2 Å². The van der Waals surface area contributed by atoms with Crippen LogP contribution < -0.4 is 4.74 Å². The molecule has 0 radical (unpaired) electrons. The summed E-state index contributed by atoms with van der Waals surface area (Å²) in [7, 11) is 0. The molecular weight excluding hydrogens is 345 g/mol. The molecule has 1 aromatic rings. The van der Waals surface area contributed by atoms with Crippen molar-refractivity contribution in [3.63, 3.8) is 0 Å². The van der Waals surface area contributed by atoms with Crippen LogP contribution in [-0.4, -0.2) is 30.9 Å². The molecule has 0 aliphatic rings. The molecule has 0 N–H and O–H groups in total. The Hall–Kier alpha value is -2.84. The quantitative estimate of drug-likeness (QED) is 0.141. The van der Waals surface area contributed by atoms with Gasteiger partial charge in [-0.05, 0) is 19.9 Å². The van der Waals surface area contributed by atoms with Gasteiger partial charge in [0.05, 0.1) is 18.8 Å². The molecule has 0 amide bonds. The largest absolute Gasteiger partial charge is 0.488 e. The van der Waals surface area contributed by atoms with Gasteiger partial charge in [0.1, 0.15) is 11.8 Å². The van der Waals surface area contributed by atoms with E-state index in [1.165, 1.54) is 13.8 Å². The van der Waals surface area contributed by atoms with Gasteiger partial charge in [0.2, 0.25) is 11.6 Å². The summed E-state index contributed by atoms with van der Waals surface area (Å²) in [6.45, 7) is 3.51. The molecule has 9 heteroatoms. The van der Waals surface area contributed by atoms with Crippen LogP contribution in [0.5, 0.6) is 5.75 Å². The lowest BCUT2D eigenvalue weighted by Gasteiger charge is -2.11. The summed E-state index contributed by atoms with van der Waals surface area (Å²) in [5, 5.41) is 0. The summed E-state index contributed by atoms with van der Waals surface area (Å²) >= 11 is 0. The van der Waals surface area contributed by atoms with Gasteiger partial charge < -0.3 is 14.2 Å². The number of rotatable bonds is 7. The van der Waals surface area contributed by atoms with E-state index in [2.05, 4.69) is 14.2 Å². The summed E-state index contributed by atoms with van der Waals surface area (Å²) in [6, 6.07) is 0.274. The van der Waals surface area contributed by atoms with Crippen molar-refractivity contribution in [2.75, 3.05) is 13.2 Å². The highest BCUT2D eigenvalue weighted by molar-refractivity contribution is 6.24. The highest BCUT2D eigenvalue weighted by Crippen LogP contribution is 2.29. The Morgan fingerprint density at radius 3 is 2.24 bits per heavy atom. The van der Waals surface area contributed by atoms with Crippen molar-refractivity contribution in [2.45, 2.75) is 20.8 Å². The standard InChI is InChI=1S/C16H15F3O6/c1-4-23-15-12(18)9(6-11(17)13(15)19)14(21)10(7-25-8(3)20)16(22)24-5-2/h6-7H,4-5H2,1-3H3/b10-7-. The Morgan fingerprint density at radius 1 is 1.08 bits per heavy atom. The second kappa shape index (κ2) is 8.86. The smallest absolute Gasteiger partial charge is 0.345 e. The van der Waals surface area contributed by atoms with Crippen molar-refractivity contribution in [3.05, 3.63) is 40.9 Å². The first-order valence-corrected chi connectivity index (χ1v) is 7.13. The average Bonchev–Trinajstić information content (AvgIpc) is 2.54. The number of esters is 2. The first-order valence-electron chi connectivity index (χ1n) is 7.13. The van der Waals surface area contributed by atoms with Crippen LogP contribution in [0.15, 0.2) is 17.9 Å². The monoisotopic (exact) mass is 360 g/mol. The van der Waals surface area contributed by atoms with Gasteiger partial charge in [-0.15, -0.1) is 0 Å². The number of carbonyl (C=O) groups is 3. The fourth-order valence-corrected chi connectivity index (χ4v) is 1.71. The third-order valence-electron chi connectivity index (χ3n) is 2.73. The van der Waals surface area contributed by atoms with Gasteiger partial charge in [0.15, 0.2) is 17.4 Å². The molecule has 0 saturated heterocycles. The van der Waals surface area contributed by atoms with Gasteiger partial charge in [0, 0.05) is 6.92 Å². The maximum atomic E-state index is 14.3. The second-order valence-electron chi connectivity index (χ2n) is 4.49. The van der Waals surface area contributed by atoms with Gasteiger partial charge in [-0.3, -0.25) is 9.59 Å². The van der Waals surface area contributed by atoms with E-state index in [9.17, 15) is 27.6 Å². The molecule has 0 spiro atoms. The third kappa shape index (κ3) is 4.82. The zero-order valence-corrected chi connectivity index (χ0v) is 13.7. The van der Waals surface area contributed by atoms with E-state index < -0.39 is 52.1 Å². The molecule has 0 fully saturated rings. The Kier molecular flexibility index (Phi) is 7.16. The van der Waals surface area contributed by atoms with E-state index >= 15 is 0 Å². The molecule has 0 unspecified atom stereocenters. The minimum absolute atomic E-state index is 0.131. The number of halogens is 3. The maximum Gasteiger partial charge on any atom is 0.345 e. The predicted molar refractivity (Wildman–Crippen MR) is 78.3 cm³/mol. The van der Waals surface area contributed by atoms with Crippen LogP contribution >= 0.6 is 0 Å². The van der Waals surface area contributed by atoms with Gasteiger partial charge in [-0.1, -0.05) is 0 Å². The van der Waals surface area contributed by atoms with Gasteiger partial charge in [-0.2, -0.15) is 4.39 Å². The van der Waals surface area contributed by atoms with Crippen molar-refractivity contribution in [2.24, 2.45) is 0 Å². The molecule has 1 aromatic carbocycles. The number of benzene rings is 1. The minimum atomic E-state index is -1.61. The van der Waals surface area contributed by atoms with Crippen molar-refractivity contribution in [3.8, 4) is 5.75 Å². The molecule has 0 aromatic heterocycles. The Labute approximate surface area is 141 Å². The van der Waals surface area contributed by atoms with Crippen molar-refractivity contribution in [1.29, 1.82) is 0 Å². The van der Waals surface area contributed by atoms with Gasteiger partial charge >= 0.3 is 11.9 Å². The normalized spacial score (nSPS) is 11.0. The van der Waals surface area contributed by atoms with E-state index in [0.29, 0.717) is 6.26 Å². The lowest BCUT2D eigenvalue weighted by atomic mass is 10.0. The van der Waals surface area contributed by atoms with E-state index in [-0.39, 0.29) is 19.3 Å². The number of ketones is 1. The molecule has 0 saturated carbocycles. The molecule has 0 atom stereocenters. The van der Waals surface area contributed by atoms with Crippen molar-refractivity contribution < 1.29 is 41.8 Å². The molecule has 0 heterocycles. The number of hydrogen-bond acceptors (Lipinski definition) is 6. The van der Waals surface area contributed by atoms with Crippen LogP contribution in [0, 0.1) is 17.5 Å². The topological polar surface area (TPSA) is 78.9 Å². The van der Waals surface area contributed by atoms with Crippen LogP contribution in [0.2, 0.25) is 0 Å². The second-order valence-corrected chi connectivity index (χ2v) is 4.49. The number of Topliss-reactive ketones (excluding diaryl/α,β-unsaturated/α-hetero) is 1. The lowest BCUT2D eigenvalue weighted by molar-refractivity contribution is -0.138. The summed E-state index contributed by atoms with van der Waals surface area (Å²) < 4.78 is 55.3. The highest BCUT2D eigenvalue weighted by Gasteiger charge is 2.29. The minimum Gasteiger partial charge on any atom is -0.488 e. The fourth-order valence-electron chi connectivity index (χ4n) is 1.71. The van der Waals surface area contributed by atoms with Crippen LogP contribution in [0.1, 0.15) is 31.1 Å². The van der Waals surface area contributed by atoms with Crippen LogP contribution in [0.3, 0.4) is 0 Å². The molecular formula is C16H15F3O6. The summed E-state index contributed by atoms with van der Waals surface area (Å²) in [4.78, 5) is 35.0. The zero-order valence-electron chi connectivity index (χ0n) is 13.7. The Bertz CT molecular complexity index is 727. The molecule has 0 aliphatic heterocycles. The zero-order chi connectivity index (χ0) is 19.1. The number of ether oxygens (including phenoxy) is 3. The first kappa shape index (κ1) is 20.2. The molecule has 0 aliphatic carbocycles. The van der Waals surface area contributed by atoms with Crippen LogP contribution in [0.25, 0.3) is 0 Å². The molecule has 25 heavy (non-hydrogen) atoms. The summed E-state index contributed by atoms with van der Waals surface area (Å²) in [6.07, 6.45) is 0.462. The fraction of sp³-hybridized carbons (Fsp3) is 0.312. The number of carbonyl (C=O) groups excluding carboxylic acids is 3. The molecule has 136 valence electrons. The lowest BCUT2D eigenvalue weighted by Crippen LogP contribution is -2.19. The van der Waals surface area contributed by atoms with Crippen molar-refractivity contribution in [1.82, 2.24) is 0 Å². The first-order chi connectivity index (χ1) is 11.7. The van der Waals surface area contributed by atoms with E-state index in [1.807, 2.05) is 0 Å². The third-order valence-corrected chi connectivity index (χ3v) is 2.73. The van der Waals surface area contributed by atoms with E-state index in [0.717, 1.165) is 6.92 Å². The summed E-state index contributed by atoms with van der Waals surface area (Å²) in [5.41, 5.74) is -1.85. The summed E-state index contributed by atoms with van der Waals surface area (Å²) in [5.74, 6) is -9.21. The molecule has 0 bridgehead atoms. The highest BCUT2D eigenvalue weighted by atomic mass is 19.2. The molecule has 6 nitrogen and oxygen atoms in total. The predicted octanol–water partition coefficient (Wildman–Crippen LogP) is 2.70. The van der Waals surface area contributed by atoms with Gasteiger partial charge in [-0.25, -0.2) is 13.6 Å². The van der Waals surface area contributed by atoms with Crippen LogP contribution in [-0.2, 0) is 19.1 Å². The maximum absolute atomic E-state index is 14.3. The Balaban J connectivity index is 3.45. The van der Waals surface area contributed by atoms with Gasteiger partial charge in [0.25, 0.3) is 0 Å². The Morgan fingerprint density at radius 2 is 1.72 bits per heavy atom. The molecule has 1 rings (SSSR count). The van der Waals surface area contributed by atoms with E-state index in [1.54, 1.807) is 0 Å². The SMILES string of the molecule is CCOC(=O)/C(=C\OC(C)=O)C(=O)c1cc(F)c(F)c(OCC)c1F.